The Morgan fingerprint density at radius 2 is 1.96 bits per heavy atom. The summed E-state index contributed by atoms with van der Waals surface area (Å²) in [7, 11) is 0. The highest BCUT2D eigenvalue weighted by Gasteiger charge is 2.12. The Kier molecular flexibility index (Phi) is 5.95. The van der Waals surface area contributed by atoms with Gasteiger partial charge >= 0.3 is 0 Å². The first kappa shape index (κ1) is 17.8. The van der Waals surface area contributed by atoms with Gasteiger partial charge in [0.25, 0.3) is 0 Å². The summed E-state index contributed by atoms with van der Waals surface area (Å²) in [6, 6.07) is 14.8. The molecule has 0 aliphatic rings. The first-order valence-corrected chi connectivity index (χ1v) is 9.86. The molecule has 9 heteroatoms. The number of carbonyl (C=O) groups excluding carboxylic acids is 1. The predicted octanol–water partition coefficient (Wildman–Crippen LogP) is 3.77. The van der Waals surface area contributed by atoms with Crippen molar-refractivity contribution in [3.8, 4) is 5.69 Å². The van der Waals surface area contributed by atoms with E-state index in [-0.39, 0.29) is 11.7 Å². The van der Waals surface area contributed by atoms with E-state index in [0.717, 1.165) is 16.3 Å². The molecule has 0 saturated carbocycles. The standard InChI is InChI=1S/C16H14ClN5OS2/c1-24-14-5-3-2-4-13(14)18-15(23)10-25-16-19-20-21-22(16)12-8-6-11(17)7-9-12/h2-9H,10H2,1H3,(H,18,23). The van der Waals surface area contributed by atoms with Crippen LogP contribution in [0.2, 0.25) is 5.02 Å². The number of hydrogen-bond acceptors (Lipinski definition) is 6. The Hall–Kier alpha value is -2.03. The maximum Gasteiger partial charge on any atom is 0.234 e. The molecule has 3 aromatic rings. The Labute approximate surface area is 158 Å². The summed E-state index contributed by atoms with van der Waals surface area (Å²) < 4.78 is 1.57. The fourth-order valence-corrected chi connectivity index (χ4v) is 3.45. The number of rotatable bonds is 6. The number of amides is 1. The number of thioether (sulfide) groups is 2. The predicted molar refractivity (Wildman–Crippen MR) is 102 cm³/mol. The van der Waals surface area contributed by atoms with Crippen molar-refractivity contribution in [2.75, 3.05) is 17.3 Å². The van der Waals surface area contributed by atoms with Crippen LogP contribution >= 0.6 is 35.1 Å². The molecule has 0 aliphatic heterocycles. The maximum absolute atomic E-state index is 12.2. The van der Waals surface area contributed by atoms with E-state index in [9.17, 15) is 4.79 Å². The van der Waals surface area contributed by atoms with Gasteiger partial charge in [-0.15, -0.1) is 16.9 Å². The minimum Gasteiger partial charge on any atom is -0.324 e. The molecule has 0 aliphatic carbocycles. The summed E-state index contributed by atoms with van der Waals surface area (Å²) in [5, 5.41) is 15.7. The average Bonchev–Trinajstić information content (AvgIpc) is 3.09. The largest absolute Gasteiger partial charge is 0.324 e. The highest BCUT2D eigenvalue weighted by atomic mass is 35.5. The molecule has 6 nitrogen and oxygen atoms in total. The lowest BCUT2D eigenvalue weighted by Crippen LogP contribution is -2.15. The van der Waals surface area contributed by atoms with Crippen LogP contribution in [0.1, 0.15) is 0 Å². The normalized spacial score (nSPS) is 10.6. The molecule has 25 heavy (non-hydrogen) atoms. The molecule has 0 saturated heterocycles. The number of aromatic nitrogens is 4. The van der Waals surface area contributed by atoms with Crippen molar-refractivity contribution in [2.24, 2.45) is 0 Å². The zero-order valence-electron chi connectivity index (χ0n) is 13.2. The minimum absolute atomic E-state index is 0.114. The van der Waals surface area contributed by atoms with Crippen LogP contribution in [-0.2, 0) is 4.79 Å². The number of benzene rings is 2. The van der Waals surface area contributed by atoms with Crippen LogP contribution in [0.15, 0.2) is 58.6 Å². The quantitative estimate of drug-likeness (QED) is 0.645. The van der Waals surface area contributed by atoms with Gasteiger partial charge in [0.2, 0.25) is 11.1 Å². The summed E-state index contributed by atoms with van der Waals surface area (Å²) in [4.78, 5) is 13.3. The van der Waals surface area contributed by atoms with Crippen LogP contribution < -0.4 is 5.32 Å². The maximum atomic E-state index is 12.2. The highest BCUT2D eigenvalue weighted by Crippen LogP contribution is 2.25. The molecule has 1 N–H and O–H groups in total. The van der Waals surface area contributed by atoms with Crippen molar-refractivity contribution >= 4 is 46.7 Å². The number of halogens is 1. The van der Waals surface area contributed by atoms with Gasteiger partial charge in [-0.2, -0.15) is 4.68 Å². The smallest absolute Gasteiger partial charge is 0.234 e. The first-order chi connectivity index (χ1) is 12.2. The molecule has 0 spiro atoms. The number of anilines is 1. The molecule has 0 fully saturated rings. The lowest BCUT2D eigenvalue weighted by molar-refractivity contribution is -0.113. The molecule has 1 aromatic heterocycles. The number of tetrazole rings is 1. The first-order valence-electron chi connectivity index (χ1n) is 7.27. The second-order valence-corrected chi connectivity index (χ2v) is 7.11. The summed E-state index contributed by atoms with van der Waals surface area (Å²) in [5.41, 5.74) is 1.59. The molecular weight excluding hydrogens is 378 g/mol. The van der Waals surface area contributed by atoms with Crippen LogP contribution in [0.4, 0.5) is 5.69 Å². The molecule has 0 unspecified atom stereocenters. The zero-order chi connectivity index (χ0) is 17.6. The van der Waals surface area contributed by atoms with Crippen molar-refractivity contribution in [2.45, 2.75) is 10.1 Å². The van der Waals surface area contributed by atoms with Crippen molar-refractivity contribution in [1.82, 2.24) is 20.2 Å². The van der Waals surface area contributed by atoms with E-state index in [2.05, 4.69) is 20.8 Å². The average molecular weight is 392 g/mol. The Morgan fingerprint density at radius 1 is 1.20 bits per heavy atom. The van der Waals surface area contributed by atoms with Gasteiger partial charge in [0.15, 0.2) is 0 Å². The molecule has 0 radical (unpaired) electrons. The molecule has 1 amide bonds. The van der Waals surface area contributed by atoms with E-state index in [1.807, 2.05) is 42.7 Å². The third-order valence-electron chi connectivity index (χ3n) is 3.23. The molecule has 2 aromatic carbocycles. The fourth-order valence-electron chi connectivity index (χ4n) is 2.08. The molecule has 128 valence electrons. The Bertz CT molecular complexity index is 869. The van der Waals surface area contributed by atoms with Gasteiger partial charge in [-0.05, 0) is 53.1 Å². The third kappa shape index (κ3) is 4.53. The van der Waals surface area contributed by atoms with Crippen LogP contribution in [0.25, 0.3) is 5.69 Å². The van der Waals surface area contributed by atoms with Gasteiger partial charge in [0, 0.05) is 9.92 Å². The SMILES string of the molecule is CSc1ccccc1NC(=O)CSc1nnnn1-c1ccc(Cl)cc1. The highest BCUT2D eigenvalue weighted by molar-refractivity contribution is 7.99. The zero-order valence-corrected chi connectivity index (χ0v) is 15.6. The van der Waals surface area contributed by atoms with E-state index >= 15 is 0 Å². The van der Waals surface area contributed by atoms with Crippen molar-refractivity contribution < 1.29 is 4.79 Å². The Balaban J connectivity index is 1.65. The summed E-state index contributed by atoms with van der Waals surface area (Å²) in [5.74, 6) is 0.0913. The van der Waals surface area contributed by atoms with E-state index in [4.69, 9.17) is 11.6 Å². The fraction of sp³-hybridized carbons (Fsp3) is 0.125. The summed E-state index contributed by atoms with van der Waals surface area (Å²) in [6.07, 6.45) is 1.97. The molecule has 1 heterocycles. The van der Waals surface area contributed by atoms with Gasteiger partial charge in [0.1, 0.15) is 0 Å². The number of carbonyl (C=O) groups is 1. The number of para-hydroxylation sites is 1. The van der Waals surface area contributed by atoms with Crippen molar-refractivity contribution in [1.29, 1.82) is 0 Å². The molecule has 3 rings (SSSR count). The summed E-state index contributed by atoms with van der Waals surface area (Å²) in [6.45, 7) is 0. The lowest BCUT2D eigenvalue weighted by atomic mass is 10.3. The van der Waals surface area contributed by atoms with Crippen LogP contribution in [-0.4, -0.2) is 38.1 Å². The number of nitrogens with one attached hydrogen (secondary N) is 1. The molecule has 0 atom stereocenters. The van der Waals surface area contributed by atoms with Gasteiger partial charge < -0.3 is 5.32 Å². The van der Waals surface area contributed by atoms with E-state index in [0.29, 0.717) is 10.2 Å². The van der Waals surface area contributed by atoms with Crippen LogP contribution in [0, 0.1) is 0 Å². The lowest BCUT2D eigenvalue weighted by Gasteiger charge is -2.09. The van der Waals surface area contributed by atoms with Gasteiger partial charge in [-0.25, -0.2) is 0 Å². The number of hydrogen-bond donors (Lipinski definition) is 1. The van der Waals surface area contributed by atoms with E-state index in [1.165, 1.54) is 11.8 Å². The third-order valence-corrected chi connectivity index (χ3v) is 5.19. The van der Waals surface area contributed by atoms with Crippen molar-refractivity contribution in [3.63, 3.8) is 0 Å². The van der Waals surface area contributed by atoms with Gasteiger partial charge in [0.05, 0.1) is 17.1 Å². The molecular formula is C16H14ClN5OS2. The molecule has 0 bridgehead atoms. The second kappa shape index (κ2) is 8.37. The minimum atomic E-state index is -0.114. The Morgan fingerprint density at radius 3 is 2.72 bits per heavy atom. The topological polar surface area (TPSA) is 72.7 Å². The van der Waals surface area contributed by atoms with Crippen LogP contribution in [0.3, 0.4) is 0 Å². The van der Waals surface area contributed by atoms with Gasteiger partial charge in [-0.1, -0.05) is 35.5 Å². The monoisotopic (exact) mass is 391 g/mol. The van der Waals surface area contributed by atoms with E-state index in [1.54, 1.807) is 28.6 Å². The second-order valence-electron chi connectivity index (χ2n) is 4.89. The summed E-state index contributed by atoms with van der Waals surface area (Å²) >= 11 is 8.75. The number of nitrogens with zero attached hydrogens (tertiary/aromatic N) is 4. The van der Waals surface area contributed by atoms with Crippen molar-refractivity contribution in [3.05, 3.63) is 53.6 Å². The van der Waals surface area contributed by atoms with Crippen LogP contribution in [0.5, 0.6) is 0 Å². The van der Waals surface area contributed by atoms with Gasteiger partial charge in [-0.3, -0.25) is 4.79 Å². The van der Waals surface area contributed by atoms with E-state index < -0.39 is 0 Å².